The number of hydrogen-bond donors (Lipinski definition) is 0. The number of carbonyl (C=O) groups is 1. The highest BCUT2D eigenvalue weighted by Crippen LogP contribution is 2.27. The van der Waals surface area contributed by atoms with E-state index in [1.54, 1.807) is 23.6 Å². The zero-order valence-corrected chi connectivity index (χ0v) is 17.4. The molecule has 0 atom stereocenters. The van der Waals surface area contributed by atoms with Crippen molar-refractivity contribution < 1.29 is 14.3 Å². The molecule has 1 aliphatic rings. The standard InChI is InChI=1S/C19H27N5O3S/c1-14-5-6-17(26-2)16(13-14)24-19(20-21-22-24)28-12-4-9-23-10-7-15(8-11-23)18(25)27-3/h5-6,13,15H,4,7-12H2,1-3H3. The predicted octanol–water partition coefficient (Wildman–Crippen LogP) is 2.35. The highest BCUT2D eigenvalue weighted by atomic mass is 32.2. The van der Waals surface area contributed by atoms with E-state index < -0.39 is 0 Å². The third kappa shape index (κ3) is 5.02. The summed E-state index contributed by atoms with van der Waals surface area (Å²) in [6.45, 7) is 4.94. The molecule has 1 aromatic heterocycles. The Balaban J connectivity index is 1.49. The van der Waals surface area contributed by atoms with Gasteiger partial charge in [0.1, 0.15) is 11.4 Å². The molecule has 9 heteroatoms. The first kappa shape index (κ1) is 20.6. The van der Waals surface area contributed by atoms with Gasteiger partial charge in [-0.2, -0.15) is 4.68 Å². The van der Waals surface area contributed by atoms with Crippen LogP contribution in [0.25, 0.3) is 5.69 Å². The Kier molecular flexibility index (Phi) is 7.27. The lowest BCUT2D eigenvalue weighted by Gasteiger charge is -2.30. The van der Waals surface area contributed by atoms with Gasteiger partial charge in [0.2, 0.25) is 5.16 Å². The molecule has 0 spiro atoms. The Morgan fingerprint density at radius 1 is 1.29 bits per heavy atom. The van der Waals surface area contributed by atoms with Crippen LogP contribution in [-0.2, 0) is 9.53 Å². The first-order valence-electron chi connectivity index (χ1n) is 9.48. The minimum Gasteiger partial charge on any atom is -0.494 e. The summed E-state index contributed by atoms with van der Waals surface area (Å²) in [4.78, 5) is 14.0. The number of thioether (sulfide) groups is 1. The largest absolute Gasteiger partial charge is 0.494 e. The molecule has 28 heavy (non-hydrogen) atoms. The number of ether oxygens (including phenoxy) is 2. The minimum atomic E-state index is -0.0754. The van der Waals surface area contributed by atoms with Crippen molar-refractivity contribution in [2.24, 2.45) is 5.92 Å². The summed E-state index contributed by atoms with van der Waals surface area (Å²) in [6, 6.07) is 5.95. The molecule has 1 fully saturated rings. The van der Waals surface area contributed by atoms with E-state index in [2.05, 4.69) is 20.4 Å². The Morgan fingerprint density at radius 3 is 2.79 bits per heavy atom. The molecule has 0 radical (unpaired) electrons. The Hall–Kier alpha value is -2.13. The summed E-state index contributed by atoms with van der Waals surface area (Å²) in [6.07, 6.45) is 2.79. The molecule has 2 heterocycles. The van der Waals surface area contributed by atoms with Gasteiger partial charge in [-0.15, -0.1) is 5.10 Å². The second kappa shape index (κ2) is 9.88. The summed E-state index contributed by atoms with van der Waals surface area (Å²) in [7, 11) is 3.11. The van der Waals surface area contributed by atoms with Gasteiger partial charge >= 0.3 is 5.97 Å². The van der Waals surface area contributed by atoms with E-state index >= 15 is 0 Å². The lowest BCUT2D eigenvalue weighted by atomic mass is 9.97. The molecular weight excluding hydrogens is 378 g/mol. The zero-order chi connectivity index (χ0) is 19.9. The number of rotatable bonds is 8. The SMILES string of the molecule is COC(=O)C1CCN(CCCSc2nnnn2-c2cc(C)ccc2OC)CC1. The van der Waals surface area contributed by atoms with E-state index in [0.29, 0.717) is 0 Å². The van der Waals surface area contributed by atoms with Crippen LogP contribution >= 0.6 is 11.8 Å². The molecule has 0 N–H and O–H groups in total. The summed E-state index contributed by atoms with van der Waals surface area (Å²) in [5.74, 6) is 1.65. The average molecular weight is 406 g/mol. The van der Waals surface area contributed by atoms with Gasteiger partial charge in [-0.1, -0.05) is 17.8 Å². The van der Waals surface area contributed by atoms with Gasteiger partial charge in [0.25, 0.3) is 0 Å². The number of tetrazole rings is 1. The molecule has 2 aromatic rings. The van der Waals surface area contributed by atoms with Gasteiger partial charge in [-0.25, -0.2) is 0 Å². The molecule has 0 amide bonds. The first-order valence-corrected chi connectivity index (χ1v) is 10.5. The van der Waals surface area contributed by atoms with Gasteiger partial charge in [0.15, 0.2) is 0 Å². The van der Waals surface area contributed by atoms with Crippen molar-refractivity contribution in [3.05, 3.63) is 23.8 Å². The monoisotopic (exact) mass is 405 g/mol. The average Bonchev–Trinajstić information content (AvgIpc) is 3.19. The van der Waals surface area contributed by atoms with Crippen molar-refractivity contribution in [1.29, 1.82) is 0 Å². The van der Waals surface area contributed by atoms with Crippen molar-refractivity contribution in [3.8, 4) is 11.4 Å². The normalized spacial score (nSPS) is 15.5. The van der Waals surface area contributed by atoms with E-state index in [1.807, 2.05) is 25.1 Å². The third-order valence-electron chi connectivity index (χ3n) is 4.98. The van der Waals surface area contributed by atoms with Crippen molar-refractivity contribution >= 4 is 17.7 Å². The number of esters is 1. The fourth-order valence-corrected chi connectivity index (χ4v) is 4.20. The first-order chi connectivity index (χ1) is 13.6. The Bertz CT molecular complexity index is 790. The Morgan fingerprint density at radius 2 is 2.07 bits per heavy atom. The van der Waals surface area contributed by atoms with E-state index in [-0.39, 0.29) is 11.9 Å². The number of carbonyl (C=O) groups excluding carboxylic acids is 1. The number of piperidine rings is 1. The molecular formula is C19H27N5O3S. The number of hydrogen-bond acceptors (Lipinski definition) is 8. The van der Waals surface area contributed by atoms with E-state index in [4.69, 9.17) is 9.47 Å². The van der Waals surface area contributed by atoms with E-state index in [1.165, 1.54) is 7.11 Å². The van der Waals surface area contributed by atoms with Crippen molar-refractivity contribution in [2.45, 2.75) is 31.3 Å². The fraction of sp³-hybridized carbons (Fsp3) is 0.579. The van der Waals surface area contributed by atoms with Crippen LogP contribution in [0.1, 0.15) is 24.8 Å². The molecule has 1 saturated heterocycles. The third-order valence-corrected chi connectivity index (χ3v) is 5.98. The molecule has 0 aliphatic carbocycles. The molecule has 1 aliphatic heterocycles. The zero-order valence-electron chi connectivity index (χ0n) is 16.6. The van der Waals surface area contributed by atoms with Crippen LogP contribution in [0.15, 0.2) is 23.4 Å². The predicted molar refractivity (Wildman–Crippen MR) is 107 cm³/mol. The maximum Gasteiger partial charge on any atom is 0.308 e. The highest BCUT2D eigenvalue weighted by molar-refractivity contribution is 7.99. The van der Waals surface area contributed by atoms with Crippen LogP contribution in [0.3, 0.4) is 0 Å². The lowest BCUT2D eigenvalue weighted by molar-refractivity contribution is -0.147. The minimum absolute atomic E-state index is 0.0598. The van der Waals surface area contributed by atoms with Gasteiger partial charge in [0.05, 0.1) is 20.1 Å². The van der Waals surface area contributed by atoms with Gasteiger partial charge in [-0.3, -0.25) is 4.79 Å². The second-order valence-electron chi connectivity index (χ2n) is 6.89. The summed E-state index contributed by atoms with van der Waals surface area (Å²) in [5, 5.41) is 12.9. The summed E-state index contributed by atoms with van der Waals surface area (Å²) in [5.41, 5.74) is 1.97. The number of nitrogens with zero attached hydrogens (tertiary/aromatic N) is 5. The number of likely N-dealkylation sites (tertiary alicyclic amines) is 1. The second-order valence-corrected chi connectivity index (χ2v) is 7.95. The molecule has 8 nitrogen and oxygen atoms in total. The molecule has 0 unspecified atom stereocenters. The number of benzene rings is 1. The van der Waals surface area contributed by atoms with Crippen molar-refractivity contribution in [2.75, 3.05) is 39.6 Å². The van der Waals surface area contributed by atoms with Crippen LogP contribution < -0.4 is 4.74 Å². The number of aromatic nitrogens is 4. The fourth-order valence-electron chi connectivity index (χ4n) is 3.40. The molecule has 0 bridgehead atoms. The Labute approximate surface area is 169 Å². The summed E-state index contributed by atoms with van der Waals surface area (Å²) >= 11 is 1.64. The molecule has 0 saturated carbocycles. The van der Waals surface area contributed by atoms with E-state index in [9.17, 15) is 4.79 Å². The quantitative estimate of drug-likeness (QED) is 0.376. The van der Waals surface area contributed by atoms with Crippen LogP contribution in [-0.4, -0.2) is 70.7 Å². The van der Waals surface area contributed by atoms with Crippen LogP contribution in [0, 0.1) is 12.8 Å². The van der Waals surface area contributed by atoms with Gasteiger partial charge < -0.3 is 14.4 Å². The smallest absolute Gasteiger partial charge is 0.308 e. The van der Waals surface area contributed by atoms with Crippen LogP contribution in [0.4, 0.5) is 0 Å². The van der Waals surface area contributed by atoms with Gasteiger partial charge in [0, 0.05) is 5.75 Å². The molecule has 1 aromatic carbocycles. The summed E-state index contributed by atoms with van der Waals surface area (Å²) < 4.78 is 12.0. The van der Waals surface area contributed by atoms with Crippen LogP contribution in [0.2, 0.25) is 0 Å². The van der Waals surface area contributed by atoms with Gasteiger partial charge in [-0.05, 0) is 73.9 Å². The number of methoxy groups -OCH3 is 2. The maximum absolute atomic E-state index is 11.6. The molecule has 3 rings (SSSR count). The lowest BCUT2D eigenvalue weighted by Crippen LogP contribution is -2.37. The molecule has 152 valence electrons. The number of aryl methyl sites for hydroxylation is 1. The highest BCUT2D eigenvalue weighted by Gasteiger charge is 2.25. The maximum atomic E-state index is 11.6. The topological polar surface area (TPSA) is 82.4 Å². The van der Waals surface area contributed by atoms with Crippen LogP contribution in [0.5, 0.6) is 5.75 Å². The van der Waals surface area contributed by atoms with E-state index in [0.717, 1.165) is 66.8 Å². The van der Waals surface area contributed by atoms with Crippen molar-refractivity contribution in [3.63, 3.8) is 0 Å². The van der Waals surface area contributed by atoms with Crippen molar-refractivity contribution in [1.82, 2.24) is 25.1 Å².